The Morgan fingerprint density at radius 2 is 1.96 bits per heavy atom. The number of hydrogen-bond donors (Lipinski definition) is 2. The predicted molar refractivity (Wildman–Crippen MR) is 97.5 cm³/mol. The lowest BCUT2D eigenvalue weighted by molar-refractivity contribution is 0.246. The van der Waals surface area contributed by atoms with E-state index >= 15 is 0 Å². The van der Waals surface area contributed by atoms with Crippen molar-refractivity contribution in [2.24, 2.45) is 0 Å². The van der Waals surface area contributed by atoms with E-state index < -0.39 is 0 Å². The second-order valence-electron chi connectivity index (χ2n) is 6.06. The van der Waals surface area contributed by atoms with Crippen LogP contribution in [0.5, 0.6) is 0 Å². The summed E-state index contributed by atoms with van der Waals surface area (Å²) in [4.78, 5) is 25.3. The van der Waals surface area contributed by atoms with Crippen LogP contribution >= 0.6 is 0 Å². The number of rotatable bonds is 5. The predicted octanol–water partition coefficient (Wildman–Crippen LogP) is 3.04. The van der Waals surface area contributed by atoms with E-state index in [0.717, 1.165) is 28.8 Å². The van der Waals surface area contributed by atoms with Crippen molar-refractivity contribution in [1.82, 2.24) is 24.8 Å². The molecule has 0 aliphatic heterocycles. The van der Waals surface area contributed by atoms with E-state index in [2.05, 4.69) is 25.6 Å². The van der Waals surface area contributed by atoms with Crippen LogP contribution in [0.25, 0.3) is 11.0 Å². The maximum Gasteiger partial charge on any atom is 0.319 e. The van der Waals surface area contributed by atoms with Crippen molar-refractivity contribution in [2.75, 3.05) is 5.32 Å². The minimum absolute atomic E-state index is 0.0272. The van der Waals surface area contributed by atoms with Gasteiger partial charge in [-0.3, -0.25) is 0 Å². The number of anilines is 1. The number of carbonyl (C=O) groups excluding carboxylic acids is 1. The lowest BCUT2D eigenvalue weighted by atomic mass is 10.2. The maximum absolute atomic E-state index is 12.3. The molecule has 0 bridgehead atoms. The molecule has 0 fully saturated rings. The van der Waals surface area contributed by atoms with Gasteiger partial charge in [-0.1, -0.05) is 6.92 Å². The van der Waals surface area contributed by atoms with Gasteiger partial charge >= 0.3 is 6.03 Å². The summed E-state index contributed by atoms with van der Waals surface area (Å²) in [6, 6.07) is 5.34. The van der Waals surface area contributed by atoms with Gasteiger partial charge in [-0.05, 0) is 38.5 Å². The number of imidazole rings is 1. The topological polar surface area (TPSA) is 84.7 Å². The molecule has 0 saturated heterocycles. The third-order valence-electron chi connectivity index (χ3n) is 4.15. The zero-order valence-electron chi connectivity index (χ0n) is 14.7. The van der Waals surface area contributed by atoms with Gasteiger partial charge in [0.05, 0.1) is 28.7 Å². The third-order valence-corrected chi connectivity index (χ3v) is 4.15. The zero-order chi connectivity index (χ0) is 17.8. The summed E-state index contributed by atoms with van der Waals surface area (Å²) in [5, 5.41) is 5.86. The highest BCUT2D eigenvalue weighted by Crippen LogP contribution is 2.17. The highest BCUT2D eigenvalue weighted by Gasteiger charge is 2.11. The van der Waals surface area contributed by atoms with Gasteiger partial charge in [0, 0.05) is 30.7 Å². The zero-order valence-corrected chi connectivity index (χ0v) is 14.7. The second kappa shape index (κ2) is 7.29. The first-order valence-electron chi connectivity index (χ1n) is 8.33. The Balaban J connectivity index is 1.67. The van der Waals surface area contributed by atoms with Crippen LogP contribution < -0.4 is 10.6 Å². The van der Waals surface area contributed by atoms with Crippen molar-refractivity contribution in [3.63, 3.8) is 0 Å². The summed E-state index contributed by atoms with van der Waals surface area (Å²) < 4.78 is 1.95. The molecule has 1 unspecified atom stereocenters. The molecule has 1 atom stereocenters. The van der Waals surface area contributed by atoms with Gasteiger partial charge in [-0.2, -0.15) is 0 Å². The van der Waals surface area contributed by atoms with E-state index in [-0.39, 0.29) is 12.1 Å². The molecule has 0 aliphatic rings. The number of benzene rings is 1. The van der Waals surface area contributed by atoms with Crippen molar-refractivity contribution in [3.8, 4) is 0 Å². The Morgan fingerprint density at radius 3 is 2.64 bits per heavy atom. The van der Waals surface area contributed by atoms with Gasteiger partial charge in [0.2, 0.25) is 0 Å². The van der Waals surface area contributed by atoms with E-state index in [0.29, 0.717) is 12.2 Å². The molecule has 3 rings (SSSR count). The monoisotopic (exact) mass is 338 g/mol. The summed E-state index contributed by atoms with van der Waals surface area (Å²) in [6.07, 6.45) is 6.18. The van der Waals surface area contributed by atoms with Crippen LogP contribution in [-0.2, 0) is 6.54 Å². The molecular formula is C18H22N6O. The second-order valence-corrected chi connectivity index (χ2v) is 6.06. The van der Waals surface area contributed by atoms with E-state index in [4.69, 9.17) is 0 Å². The number of fused-ring (bicyclic) bond motifs is 1. The number of nitrogens with zero attached hydrogens (tertiary/aromatic N) is 4. The van der Waals surface area contributed by atoms with Crippen LogP contribution in [0.2, 0.25) is 0 Å². The van der Waals surface area contributed by atoms with Gasteiger partial charge in [-0.15, -0.1) is 0 Å². The van der Waals surface area contributed by atoms with Crippen LogP contribution in [0.1, 0.15) is 24.7 Å². The molecule has 2 N–H and O–H groups in total. The molecule has 25 heavy (non-hydrogen) atoms. The van der Waals surface area contributed by atoms with Crippen molar-refractivity contribution < 1.29 is 4.79 Å². The molecule has 2 amide bonds. The van der Waals surface area contributed by atoms with Gasteiger partial charge in [0.15, 0.2) is 0 Å². The van der Waals surface area contributed by atoms with E-state index in [1.54, 1.807) is 12.5 Å². The van der Waals surface area contributed by atoms with Crippen LogP contribution in [0, 0.1) is 13.8 Å². The van der Waals surface area contributed by atoms with Gasteiger partial charge in [-0.25, -0.2) is 19.7 Å². The van der Waals surface area contributed by atoms with Gasteiger partial charge in [0.25, 0.3) is 0 Å². The fourth-order valence-electron chi connectivity index (χ4n) is 2.59. The van der Waals surface area contributed by atoms with E-state index in [1.807, 2.05) is 49.7 Å². The highest BCUT2D eigenvalue weighted by atomic mass is 16.2. The molecule has 0 saturated carbocycles. The molecule has 0 spiro atoms. The Kier molecular flexibility index (Phi) is 4.92. The number of hydrogen-bond acceptors (Lipinski definition) is 4. The standard InChI is InChI=1S/C18H22N6O/c1-4-14(10-24-8-7-19-11-24)22-18(25)23-15-5-6-16-17(9-15)21-13(3)12(2)20-16/h5-9,11,14H,4,10H2,1-3H3,(H2,22,23,25). The number of carbonyl (C=O) groups is 1. The number of amides is 2. The van der Waals surface area contributed by atoms with Gasteiger partial charge in [0.1, 0.15) is 0 Å². The summed E-state index contributed by atoms with van der Waals surface area (Å²) in [7, 11) is 0. The third kappa shape index (κ3) is 4.12. The summed E-state index contributed by atoms with van der Waals surface area (Å²) in [6.45, 7) is 6.59. The lowest BCUT2D eigenvalue weighted by Crippen LogP contribution is -2.40. The molecular weight excluding hydrogens is 316 g/mol. The van der Waals surface area contributed by atoms with Crippen molar-refractivity contribution >= 4 is 22.8 Å². The van der Waals surface area contributed by atoms with E-state index in [1.165, 1.54) is 0 Å². The minimum atomic E-state index is -0.233. The Hall–Kier alpha value is -2.96. The number of nitrogens with one attached hydrogen (secondary N) is 2. The molecule has 0 radical (unpaired) electrons. The SMILES string of the molecule is CCC(Cn1ccnc1)NC(=O)Nc1ccc2nc(C)c(C)nc2c1. The Bertz CT molecular complexity index is 875. The Morgan fingerprint density at radius 1 is 1.20 bits per heavy atom. The Labute approximate surface area is 146 Å². The first-order valence-corrected chi connectivity index (χ1v) is 8.33. The van der Waals surface area contributed by atoms with Gasteiger partial charge < -0.3 is 15.2 Å². The number of aryl methyl sites for hydroxylation is 2. The lowest BCUT2D eigenvalue weighted by Gasteiger charge is -2.18. The maximum atomic E-state index is 12.3. The fourth-order valence-corrected chi connectivity index (χ4v) is 2.59. The van der Waals surface area contributed by atoms with E-state index in [9.17, 15) is 4.79 Å². The first-order chi connectivity index (χ1) is 12.0. The minimum Gasteiger partial charge on any atom is -0.335 e. The van der Waals surface area contributed by atoms with Crippen molar-refractivity contribution in [3.05, 3.63) is 48.3 Å². The summed E-state index contributed by atoms with van der Waals surface area (Å²) in [5.74, 6) is 0. The number of urea groups is 1. The average molecular weight is 338 g/mol. The molecule has 7 heteroatoms. The normalized spacial score (nSPS) is 12.1. The summed E-state index contributed by atoms with van der Waals surface area (Å²) >= 11 is 0. The largest absolute Gasteiger partial charge is 0.335 e. The average Bonchev–Trinajstić information content (AvgIpc) is 3.08. The summed E-state index contributed by atoms with van der Waals surface area (Å²) in [5.41, 5.74) is 4.09. The molecule has 2 aromatic heterocycles. The smallest absolute Gasteiger partial charge is 0.319 e. The molecule has 130 valence electrons. The molecule has 7 nitrogen and oxygen atoms in total. The van der Waals surface area contributed by atoms with Crippen LogP contribution in [-0.4, -0.2) is 31.6 Å². The van der Waals surface area contributed by atoms with Crippen LogP contribution in [0.3, 0.4) is 0 Å². The quantitative estimate of drug-likeness (QED) is 0.749. The highest BCUT2D eigenvalue weighted by molar-refractivity contribution is 5.92. The van der Waals surface area contributed by atoms with Crippen molar-refractivity contribution in [1.29, 1.82) is 0 Å². The number of aromatic nitrogens is 4. The molecule has 1 aromatic carbocycles. The molecule has 3 aromatic rings. The molecule has 0 aliphatic carbocycles. The first kappa shape index (κ1) is 16.9. The molecule has 2 heterocycles. The van der Waals surface area contributed by atoms with Crippen LogP contribution in [0.4, 0.5) is 10.5 Å². The van der Waals surface area contributed by atoms with Crippen molar-refractivity contribution in [2.45, 2.75) is 39.8 Å². The fraction of sp³-hybridized carbons (Fsp3) is 0.333. The van der Waals surface area contributed by atoms with Crippen LogP contribution in [0.15, 0.2) is 36.9 Å².